The maximum absolute atomic E-state index is 11.8. The number of carbonyl (C=O) groups excluding carboxylic acids is 3. The zero-order valence-corrected chi connectivity index (χ0v) is 35.3. The molecule has 2 amide bonds. The van der Waals surface area contributed by atoms with E-state index in [9.17, 15) is 14.4 Å². The van der Waals surface area contributed by atoms with Crippen LogP contribution in [0.1, 0.15) is 50.7 Å². The lowest BCUT2D eigenvalue weighted by molar-refractivity contribution is -0.141. The first-order valence-electron chi connectivity index (χ1n) is 19.4. The molecule has 0 radical (unpaired) electrons. The predicted octanol–water partition coefficient (Wildman–Crippen LogP) is 7.10. The van der Waals surface area contributed by atoms with Crippen LogP contribution in [0, 0.1) is 11.8 Å². The minimum atomic E-state index is -0.469. The molecule has 59 heavy (non-hydrogen) atoms. The first-order chi connectivity index (χ1) is 28.1. The van der Waals surface area contributed by atoms with Crippen molar-refractivity contribution >= 4 is 75.5 Å². The van der Waals surface area contributed by atoms with Gasteiger partial charge in [0.2, 0.25) is 0 Å². The molecule has 0 unspecified atom stereocenters. The Labute approximate surface area is 358 Å². The summed E-state index contributed by atoms with van der Waals surface area (Å²) in [6, 6.07) is 23.6. The molecule has 0 spiro atoms. The summed E-state index contributed by atoms with van der Waals surface area (Å²) in [7, 11) is 0. The number of ketones is 1. The highest BCUT2D eigenvalue weighted by Gasteiger charge is 2.25. The van der Waals surface area contributed by atoms with Crippen LogP contribution < -0.4 is 22.1 Å². The lowest BCUT2D eigenvalue weighted by atomic mass is 10.0. The molecule has 14 nitrogen and oxygen atoms in total. The second-order valence-corrected chi connectivity index (χ2v) is 15.1. The summed E-state index contributed by atoms with van der Waals surface area (Å²) in [4.78, 5) is 32.7. The predicted molar refractivity (Wildman–Crippen MR) is 233 cm³/mol. The Morgan fingerprint density at radius 2 is 1.19 bits per heavy atom. The first-order valence-corrected chi connectivity index (χ1v) is 20.1. The van der Waals surface area contributed by atoms with Crippen LogP contribution >= 0.6 is 35.6 Å². The van der Waals surface area contributed by atoms with Crippen molar-refractivity contribution in [1.82, 2.24) is 40.6 Å². The van der Waals surface area contributed by atoms with Gasteiger partial charge in [0.05, 0.1) is 34.2 Å². The average Bonchev–Trinajstić information content (AvgIpc) is 4.16. The van der Waals surface area contributed by atoms with Gasteiger partial charge >= 0.3 is 12.0 Å². The molecule has 6 aromatic rings. The molecular weight excluding hydrogens is 815 g/mol. The van der Waals surface area contributed by atoms with E-state index in [1.54, 1.807) is 6.92 Å². The molecule has 2 aliphatic carbocycles. The van der Waals surface area contributed by atoms with Crippen molar-refractivity contribution in [3.05, 3.63) is 94.0 Å². The summed E-state index contributed by atoms with van der Waals surface area (Å²) >= 11 is 13.2. The molecule has 2 fully saturated rings. The highest BCUT2D eigenvalue weighted by Crippen LogP contribution is 2.37. The second-order valence-electron chi connectivity index (χ2n) is 14.4. The van der Waals surface area contributed by atoms with Crippen molar-refractivity contribution in [3.8, 4) is 22.3 Å². The van der Waals surface area contributed by atoms with Gasteiger partial charge in [0.1, 0.15) is 23.4 Å². The number of aromatic nitrogens is 6. The highest BCUT2D eigenvalue weighted by molar-refractivity contribution is 6.38. The third-order valence-electron chi connectivity index (χ3n) is 9.71. The van der Waals surface area contributed by atoms with Gasteiger partial charge in [-0.1, -0.05) is 94.3 Å². The van der Waals surface area contributed by atoms with Gasteiger partial charge in [0.15, 0.2) is 0 Å². The lowest BCUT2D eigenvalue weighted by Crippen LogP contribution is -2.38. The SMILES string of the molecule is CC(=O)CN.CCOC(=O)CNC(=O)NCc1ccc(-c2ccc3c(nnn3CC3CC3)c2Cl)cc1.Cl.NCc1ccc(-c2ccc3c(nnn3CC3CC3)c2Cl)cc1. The quantitative estimate of drug-likeness (QED) is 0.0869. The molecular formula is C42H49Cl3N10O4. The number of hydrogen-bond acceptors (Lipinski definition) is 10. The van der Waals surface area contributed by atoms with E-state index >= 15 is 0 Å². The Morgan fingerprint density at radius 1 is 0.729 bits per heavy atom. The first kappa shape index (κ1) is 45.0. The number of urea groups is 1. The summed E-state index contributed by atoms with van der Waals surface area (Å²) in [5.74, 6) is 1.03. The van der Waals surface area contributed by atoms with Crippen LogP contribution in [-0.2, 0) is 40.5 Å². The molecule has 0 bridgehead atoms. The minimum Gasteiger partial charge on any atom is -0.465 e. The number of ether oxygens (including phenoxy) is 1. The molecule has 2 heterocycles. The topological polar surface area (TPSA) is 198 Å². The number of fused-ring (bicyclic) bond motifs is 2. The molecule has 2 aromatic heterocycles. The lowest BCUT2D eigenvalue weighted by Gasteiger charge is -2.09. The van der Waals surface area contributed by atoms with Gasteiger partial charge in [0.25, 0.3) is 0 Å². The van der Waals surface area contributed by atoms with Crippen LogP contribution in [0.5, 0.6) is 0 Å². The van der Waals surface area contributed by atoms with Crippen LogP contribution in [0.2, 0.25) is 10.0 Å². The van der Waals surface area contributed by atoms with E-state index in [2.05, 4.69) is 43.4 Å². The van der Waals surface area contributed by atoms with E-state index in [0.29, 0.717) is 34.6 Å². The molecule has 2 saturated carbocycles. The Balaban J connectivity index is 0.000000206. The van der Waals surface area contributed by atoms with Gasteiger partial charge in [-0.3, -0.25) is 9.59 Å². The van der Waals surface area contributed by atoms with E-state index in [4.69, 9.17) is 39.4 Å². The number of nitrogens with two attached hydrogens (primary N) is 2. The van der Waals surface area contributed by atoms with Crippen LogP contribution in [-0.4, -0.2) is 67.5 Å². The van der Waals surface area contributed by atoms with Gasteiger partial charge in [-0.15, -0.1) is 22.6 Å². The Bertz CT molecular complexity index is 2360. The summed E-state index contributed by atoms with van der Waals surface area (Å²) in [5, 5.41) is 23.5. The summed E-state index contributed by atoms with van der Waals surface area (Å²) < 4.78 is 8.67. The number of nitrogens with zero attached hydrogens (tertiary/aromatic N) is 6. The maximum Gasteiger partial charge on any atom is 0.325 e. The summed E-state index contributed by atoms with van der Waals surface area (Å²) in [6.07, 6.45) is 5.09. The summed E-state index contributed by atoms with van der Waals surface area (Å²) in [5.41, 5.74) is 19.8. The van der Waals surface area contributed by atoms with Crippen molar-refractivity contribution in [2.45, 2.75) is 65.7 Å². The summed E-state index contributed by atoms with van der Waals surface area (Å²) in [6.45, 7) is 6.17. The van der Waals surface area contributed by atoms with Crippen LogP contribution in [0.25, 0.3) is 44.3 Å². The smallest absolute Gasteiger partial charge is 0.325 e. The normalized spacial score (nSPS) is 13.1. The number of Topliss-reactive ketones (excluding diaryl/α,β-unsaturated/α-hetero) is 1. The number of esters is 1. The maximum atomic E-state index is 11.8. The zero-order chi connectivity index (χ0) is 41.2. The molecule has 4 aromatic carbocycles. The second kappa shape index (κ2) is 21.2. The van der Waals surface area contributed by atoms with Crippen molar-refractivity contribution < 1.29 is 19.1 Å². The van der Waals surface area contributed by atoms with Crippen molar-refractivity contribution in [2.75, 3.05) is 19.7 Å². The van der Waals surface area contributed by atoms with Gasteiger partial charge in [0, 0.05) is 37.3 Å². The number of amides is 2. The molecule has 8 rings (SSSR count). The zero-order valence-electron chi connectivity index (χ0n) is 33.0. The van der Waals surface area contributed by atoms with E-state index < -0.39 is 12.0 Å². The molecule has 0 saturated heterocycles. The van der Waals surface area contributed by atoms with Crippen LogP contribution in [0.15, 0.2) is 72.8 Å². The molecule has 6 N–H and O–H groups in total. The number of benzene rings is 4. The number of hydrogen-bond donors (Lipinski definition) is 4. The monoisotopic (exact) mass is 862 g/mol. The van der Waals surface area contributed by atoms with Crippen LogP contribution in [0.4, 0.5) is 4.79 Å². The number of carbonyl (C=O) groups is 3. The highest BCUT2D eigenvalue weighted by atomic mass is 35.5. The fourth-order valence-corrected chi connectivity index (χ4v) is 6.66. The van der Waals surface area contributed by atoms with E-state index in [-0.39, 0.29) is 37.9 Å². The molecule has 2 aliphatic rings. The Morgan fingerprint density at radius 3 is 1.59 bits per heavy atom. The number of halogens is 3. The number of nitrogens with one attached hydrogen (secondary N) is 2. The molecule has 312 valence electrons. The third-order valence-corrected chi connectivity index (χ3v) is 10.5. The van der Waals surface area contributed by atoms with Gasteiger partial charge in [-0.05, 0) is 85.8 Å². The molecule has 0 atom stereocenters. The van der Waals surface area contributed by atoms with Gasteiger partial charge in [-0.25, -0.2) is 14.2 Å². The van der Waals surface area contributed by atoms with E-state index in [0.717, 1.165) is 68.9 Å². The minimum absolute atomic E-state index is 0. The number of rotatable bonds is 13. The van der Waals surface area contributed by atoms with Crippen LogP contribution in [0.3, 0.4) is 0 Å². The third kappa shape index (κ3) is 12.2. The van der Waals surface area contributed by atoms with Crippen molar-refractivity contribution in [3.63, 3.8) is 0 Å². The largest absolute Gasteiger partial charge is 0.465 e. The fraction of sp³-hybridized carbons (Fsp3) is 0.357. The standard InChI is InChI=1S/C22H24ClN5O3.C17H17ClN4.C3H7NO.ClH/c1-2-31-19(29)12-25-22(30)24-11-14-5-7-16(8-6-14)17-9-10-18-21(20(17)23)26-27-28(18)13-15-3-4-15;18-16-14(13-5-3-11(9-19)4-6-13)7-8-15-17(16)20-21-22(15)10-12-1-2-12;1-3(5)2-4;/h5-10,15H,2-4,11-13H2,1H3,(H2,24,25,30);3-8,12H,1-2,9-10,19H2;2,4H2,1H3;1H. The fourth-order valence-electron chi connectivity index (χ4n) is 6.05. The van der Waals surface area contributed by atoms with Gasteiger partial charge in [-0.2, -0.15) is 0 Å². The molecule has 0 aliphatic heterocycles. The van der Waals surface area contributed by atoms with Crippen molar-refractivity contribution in [1.29, 1.82) is 0 Å². The molecule has 17 heteroatoms. The Hall–Kier alpha value is -5.12. The average molecular weight is 864 g/mol. The van der Waals surface area contributed by atoms with E-state index in [1.165, 1.54) is 32.6 Å². The van der Waals surface area contributed by atoms with Gasteiger partial charge < -0.3 is 26.8 Å². The Kier molecular flexibility index (Phi) is 16.2. The van der Waals surface area contributed by atoms with Crippen molar-refractivity contribution in [2.24, 2.45) is 23.3 Å². The van der Waals surface area contributed by atoms with E-state index in [1.807, 2.05) is 70.0 Å².